The number of ether oxygens (including phenoxy) is 7. The zero-order chi connectivity index (χ0) is 39.3. The van der Waals surface area contributed by atoms with Crippen molar-refractivity contribution in [2.24, 2.45) is 0 Å². The highest BCUT2D eigenvalue weighted by atomic mass is 28.3. The largest absolute Gasteiger partial charge is 0.528 e. The molecule has 4 aromatic rings. The van der Waals surface area contributed by atoms with Crippen LogP contribution in [0.5, 0.6) is 17.2 Å². The molecule has 1 heterocycles. The number of hydroxylamine groups is 2. The molecule has 0 aromatic heterocycles. The maximum atomic E-state index is 12.6. The molecule has 0 aliphatic carbocycles. The first-order valence-corrected chi connectivity index (χ1v) is 23.0. The van der Waals surface area contributed by atoms with E-state index in [0.29, 0.717) is 46.1 Å². The molecule has 1 aliphatic heterocycles. The van der Waals surface area contributed by atoms with Crippen LogP contribution in [0.4, 0.5) is 4.79 Å². The molecule has 10 nitrogen and oxygen atoms in total. The minimum Gasteiger partial charge on any atom is -0.496 e. The van der Waals surface area contributed by atoms with Gasteiger partial charge in [0.2, 0.25) is 0 Å². The van der Waals surface area contributed by atoms with Crippen molar-refractivity contribution in [1.82, 2.24) is 5.06 Å². The van der Waals surface area contributed by atoms with Gasteiger partial charge in [-0.25, -0.2) is 4.79 Å². The van der Waals surface area contributed by atoms with E-state index in [2.05, 4.69) is 56.0 Å². The zero-order valence-corrected chi connectivity index (χ0v) is 34.6. The second-order valence-electron chi connectivity index (χ2n) is 16.1. The summed E-state index contributed by atoms with van der Waals surface area (Å²) in [6.45, 7) is 16.4. The Morgan fingerprint density at radius 2 is 1.58 bits per heavy atom. The molecule has 0 amide bonds. The number of hydrogen-bond donors (Lipinski definition) is 0. The fraction of sp³-hybridized carbons (Fsp3) is 0.477. The van der Waals surface area contributed by atoms with Crippen molar-refractivity contribution in [1.29, 1.82) is 0 Å². The van der Waals surface area contributed by atoms with E-state index in [-0.39, 0.29) is 18.8 Å². The van der Waals surface area contributed by atoms with Crippen molar-refractivity contribution in [3.05, 3.63) is 102 Å². The van der Waals surface area contributed by atoms with Crippen molar-refractivity contribution < 1.29 is 42.8 Å². The molecule has 5 rings (SSSR count). The maximum Gasteiger partial charge on any atom is 0.528 e. The van der Waals surface area contributed by atoms with Gasteiger partial charge in [0.15, 0.2) is 6.79 Å². The van der Waals surface area contributed by atoms with E-state index < -0.39 is 19.8 Å². The maximum absolute atomic E-state index is 12.6. The predicted molar refractivity (Wildman–Crippen MR) is 218 cm³/mol. The van der Waals surface area contributed by atoms with Crippen molar-refractivity contribution in [3.63, 3.8) is 0 Å². The molecule has 0 spiro atoms. The molecule has 4 aromatic carbocycles. The average molecular weight is 774 g/mol. The SMILES string of the molecule is COc1ccccc1COCCCOc1ccc([C@H]2CCN(OC(=O)OC(C)(C)C)C[C@@H]2OCc2ccc3ccc(OCOCC[Si](C)(C)C)cc3c2)cc1. The number of benzene rings is 4. The van der Waals surface area contributed by atoms with Gasteiger partial charge in [-0.2, -0.15) is 0 Å². The lowest BCUT2D eigenvalue weighted by Crippen LogP contribution is -2.45. The van der Waals surface area contributed by atoms with Gasteiger partial charge in [-0.1, -0.05) is 68.2 Å². The molecule has 0 bridgehead atoms. The van der Waals surface area contributed by atoms with Crippen LogP contribution in [0.15, 0.2) is 84.9 Å². The van der Waals surface area contributed by atoms with E-state index in [1.54, 1.807) is 12.2 Å². The van der Waals surface area contributed by atoms with E-state index in [4.69, 9.17) is 38.0 Å². The number of methoxy groups -OCH3 is 1. The fourth-order valence-corrected chi connectivity index (χ4v) is 7.02. The molecule has 1 aliphatic rings. The Morgan fingerprint density at radius 1 is 0.818 bits per heavy atom. The lowest BCUT2D eigenvalue weighted by Gasteiger charge is -2.37. The topological polar surface area (TPSA) is 94.2 Å². The average Bonchev–Trinajstić information content (AvgIpc) is 3.14. The molecule has 0 unspecified atom stereocenters. The van der Waals surface area contributed by atoms with Crippen LogP contribution in [0, 0.1) is 0 Å². The number of nitrogens with zero attached hydrogens (tertiary/aromatic N) is 1. The number of carbonyl (C=O) groups is 1. The highest BCUT2D eigenvalue weighted by Crippen LogP contribution is 2.33. The highest BCUT2D eigenvalue weighted by Gasteiger charge is 2.34. The molecule has 0 N–H and O–H groups in total. The first-order chi connectivity index (χ1) is 26.3. The normalized spacial score (nSPS) is 16.5. The third-order valence-corrected chi connectivity index (χ3v) is 10.9. The number of para-hydroxylation sites is 1. The number of fused-ring (bicyclic) bond motifs is 1. The van der Waals surface area contributed by atoms with Crippen LogP contribution >= 0.6 is 0 Å². The Bertz CT molecular complexity index is 1790. The van der Waals surface area contributed by atoms with E-state index in [0.717, 1.165) is 63.6 Å². The summed E-state index contributed by atoms with van der Waals surface area (Å²) in [4.78, 5) is 18.2. The van der Waals surface area contributed by atoms with E-state index in [1.165, 1.54) is 0 Å². The van der Waals surface area contributed by atoms with Crippen LogP contribution < -0.4 is 14.2 Å². The van der Waals surface area contributed by atoms with Crippen LogP contribution in [0.1, 0.15) is 56.2 Å². The van der Waals surface area contributed by atoms with Crippen molar-refractivity contribution >= 4 is 25.0 Å². The summed E-state index contributed by atoms with van der Waals surface area (Å²) in [6, 6.07) is 29.6. The quantitative estimate of drug-likeness (QED) is 0.0397. The Hall–Kier alpha value is -4.13. The first-order valence-electron chi connectivity index (χ1n) is 19.3. The van der Waals surface area contributed by atoms with Gasteiger partial charge >= 0.3 is 6.16 Å². The standard InChI is InChI=1S/C44H59NO9Si/c1-44(2,3)53-43(46)54-45-22-21-40(35-16-18-38(19-17-35)50-24-10-23-48-31-36-11-8-9-12-41(36)47-4)42(29-45)51-30-33-13-14-34-15-20-39(28-37(34)27-33)52-32-49-25-26-55(5,6)7/h8-9,11-20,27-28,40,42H,10,21-26,29-32H2,1-7H3/t40-,42+/m1/s1. The van der Waals surface area contributed by atoms with Gasteiger partial charge in [0.05, 0.1) is 46.2 Å². The van der Waals surface area contributed by atoms with Gasteiger partial charge in [0.25, 0.3) is 0 Å². The number of hydrogen-bond acceptors (Lipinski definition) is 10. The van der Waals surface area contributed by atoms with Gasteiger partial charge in [-0.15, -0.1) is 5.06 Å². The predicted octanol–water partition coefficient (Wildman–Crippen LogP) is 9.77. The molecule has 2 atom stereocenters. The molecular formula is C44H59NO9Si. The Labute approximate surface area is 327 Å². The summed E-state index contributed by atoms with van der Waals surface area (Å²) in [5, 5.41) is 3.83. The Balaban J connectivity index is 1.17. The first kappa shape index (κ1) is 42.0. The second-order valence-corrected chi connectivity index (χ2v) is 21.8. The smallest absolute Gasteiger partial charge is 0.496 e. The van der Waals surface area contributed by atoms with Gasteiger partial charge in [0, 0.05) is 39.1 Å². The van der Waals surface area contributed by atoms with E-state index in [9.17, 15) is 4.79 Å². The summed E-state index contributed by atoms with van der Waals surface area (Å²) in [6.07, 6.45) is 0.530. The molecule has 0 saturated carbocycles. The van der Waals surface area contributed by atoms with Crippen molar-refractivity contribution in [3.8, 4) is 17.2 Å². The second kappa shape index (κ2) is 20.2. The summed E-state index contributed by atoms with van der Waals surface area (Å²) in [5.41, 5.74) is 2.55. The lowest BCUT2D eigenvalue weighted by molar-refractivity contribution is -0.179. The van der Waals surface area contributed by atoms with E-state index >= 15 is 0 Å². The molecule has 0 radical (unpaired) electrons. The van der Waals surface area contributed by atoms with Crippen LogP contribution in [0.25, 0.3) is 10.8 Å². The third-order valence-electron chi connectivity index (χ3n) is 9.22. The van der Waals surface area contributed by atoms with Crippen LogP contribution in [0.2, 0.25) is 25.7 Å². The van der Waals surface area contributed by atoms with E-state index in [1.807, 2.05) is 69.3 Å². The number of piperidine rings is 1. The minimum absolute atomic E-state index is 0.0809. The van der Waals surface area contributed by atoms with Gasteiger partial charge in [-0.05, 0) is 91.5 Å². The molecule has 55 heavy (non-hydrogen) atoms. The summed E-state index contributed by atoms with van der Waals surface area (Å²) < 4.78 is 41.0. The molecule has 11 heteroatoms. The van der Waals surface area contributed by atoms with Crippen molar-refractivity contribution in [2.75, 3.05) is 46.8 Å². The Morgan fingerprint density at radius 3 is 2.35 bits per heavy atom. The lowest BCUT2D eigenvalue weighted by atomic mass is 9.87. The molecule has 1 saturated heterocycles. The van der Waals surface area contributed by atoms with Crippen LogP contribution in [-0.2, 0) is 37.0 Å². The monoisotopic (exact) mass is 773 g/mol. The summed E-state index contributed by atoms with van der Waals surface area (Å²) >= 11 is 0. The zero-order valence-electron chi connectivity index (χ0n) is 33.6. The van der Waals surface area contributed by atoms with Crippen LogP contribution in [0.3, 0.4) is 0 Å². The fourth-order valence-electron chi connectivity index (χ4n) is 6.27. The van der Waals surface area contributed by atoms with Gasteiger partial charge in [-0.3, -0.25) is 0 Å². The molecular weight excluding hydrogens is 715 g/mol. The van der Waals surface area contributed by atoms with Gasteiger partial charge in [0.1, 0.15) is 22.8 Å². The number of carbonyl (C=O) groups excluding carboxylic acids is 1. The molecule has 1 fully saturated rings. The Kier molecular flexibility index (Phi) is 15.4. The summed E-state index contributed by atoms with van der Waals surface area (Å²) in [7, 11) is 0.519. The summed E-state index contributed by atoms with van der Waals surface area (Å²) in [5.74, 6) is 2.48. The highest BCUT2D eigenvalue weighted by molar-refractivity contribution is 6.76. The number of rotatable bonds is 19. The minimum atomic E-state index is -1.15. The van der Waals surface area contributed by atoms with Crippen molar-refractivity contribution in [2.45, 2.75) is 90.1 Å². The van der Waals surface area contributed by atoms with Gasteiger partial charge < -0.3 is 38.0 Å². The third kappa shape index (κ3) is 14.1. The van der Waals surface area contributed by atoms with Crippen LogP contribution in [-0.4, -0.2) is 77.8 Å². The molecule has 298 valence electrons.